The van der Waals surface area contributed by atoms with Gasteiger partial charge >= 0.3 is 0 Å². The molecule has 0 bridgehead atoms. The van der Waals surface area contributed by atoms with Crippen LogP contribution in [0.2, 0.25) is 0 Å². The number of aromatic nitrogens is 1. The van der Waals surface area contributed by atoms with Gasteiger partial charge in [-0.05, 0) is 50.9 Å². The molecule has 1 fully saturated rings. The first-order valence-electron chi connectivity index (χ1n) is 7.79. The molecule has 0 amide bonds. The van der Waals surface area contributed by atoms with Crippen molar-refractivity contribution in [3.05, 3.63) is 23.9 Å². The molecule has 1 aliphatic heterocycles. The molecule has 0 unspecified atom stereocenters. The van der Waals surface area contributed by atoms with Crippen LogP contribution in [-0.2, 0) is 0 Å². The van der Waals surface area contributed by atoms with Gasteiger partial charge in [0, 0.05) is 18.8 Å². The maximum Gasteiger partial charge on any atom is 0.125 e. The lowest BCUT2D eigenvalue weighted by Crippen LogP contribution is -2.34. The highest BCUT2D eigenvalue weighted by molar-refractivity contribution is 5.36. The molecule has 3 nitrogen and oxygen atoms in total. The normalized spacial score (nSPS) is 20.4. The molecule has 19 heavy (non-hydrogen) atoms. The first kappa shape index (κ1) is 14.3. The first-order chi connectivity index (χ1) is 9.35. The van der Waals surface area contributed by atoms with Crippen molar-refractivity contribution in [3.8, 4) is 0 Å². The Kier molecular flexibility index (Phi) is 5.64. The van der Waals surface area contributed by atoms with E-state index in [0.717, 1.165) is 12.4 Å². The van der Waals surface area contributed by atoms with Crippen molar-refractivity contribution in [1.29, 1.82) is 0 Å². The van der Waals surface area contributed by atoms with Crippen LogP contribution in [-0.4, -0.2) is 29.5 Å². The standard InChI is InChI=1S/C16H27N3/c1-3-5-11-19-12-7-6-8-15(19)14-9-10-16(17-4-2)18-13-14/h9-10,13,15H,3-8,11-12H2,1-2H3,(H,17,18)/t15-/m0/s1. The molecule has 0 aromatic carbocycles. The number of likely N-dealkylation sites (tertiary alicyclic amines) is 1. The minimum absolute atomic E-state index is 0.587. The average molecular weight is 261 g/mol. The van der Waals surface area contributed by atoms with E-state index < -0.39 is 0 Å². The van der Waals surface area contributed by atoms with Crippen molar-refractivity contribution in [1.82, 2.24) is 9.88 Å². The van der Waals surface area contributed by atoms with E-state index in [1.54, 1.807) is 0 Å². The summed E-state index contributed by atoms with van der Waals surface area (Å²) in [7, 11) is 0. The van der Waals surface area contributed by atoms with Gasteiger partial charge in [-0.2, -0.15) is 0 Å². The molecule has 0 radical (unpaired) electrons. The summed E-state index contributed by atoms with van der Waals surface area (Å²) in [6, 6.07) is 4.95. The largest absolute Gasteiger partial charge is 0.370 e. The van der Waals surface area contributed by atoms with Crippen LogP contribution >= 0.6 is 0 Å². The van der Waals surface area contributed by atoms with Gasteiger partial charge in [-0.3, -0.25) is 4.90 Å². The fourth-order valence-electron chi connectivity index (χ4n) is 2.89. The molecule has 3 heteroatoms. The monoisotopic (exact) mass is 261 g/mol. The number of pyridine rings is 1. The SMILES string of the molecule is CCCCN1CCCC[C@H]1c1ccc(NCC)nc1. The van der Waals surface area contributed by atoms with E-state index in [-0.39, 0.29) is 0 Å². The summed E-state index contributed by atoms with van der Waals surface area (Å²) in [5.74, 6) is 0.988. The van der Waals surface area contributed by atoms with E-state index in [9.17, 15) is 0 Å². The Balaban J connectivity index is 2.03. The summed E-state index contributed by atoms with van der Waals surface area (Å²) < 4.78 is 0. The van der Waals surface area contributed by atoms with Gasteiger partial charge in [0.2, 0.25) is 0 Å². The molecule has 106 valence electrons. The lowest BCUT2D eigenvalue weighted by Gasteiger charge is -2.36. The number of anilines is 1. The van der Waals surface area contributed by atoms with Crippen LogP contribution in [0.15, 0.2) is 18.3 Å². The molecule has 1 atom stereocenters. The minimum Gasteiger partial charge on any atom is -0.370 e. The van der Waals surface area contributed by atoms with Crippen LogP contribution in [0, 0.1) is 0 Å². The molecule has 1 saturated heterocycles. The zero-order valence-electron chi connectivity index (χ0n) is 12.4. The van der Waals surface area contributed by atoms with E-state index in [0.29, 0.717) is 6.04 Å². The molecule has 1 aromatic heterocycles. The van der Waals surface area contributed by atoms with Gasteiger partial charge in [0.1, 0.15) is 5.82 Å². The Morgan fingerprint density at radius 3 is 2.89 bits per heavy atom. The fraction of sp³-hybridized carbons (Fsp3) is 0.688. The molecule has 1 aliphatic rings. The van der Waals surface area contributed by atoms with E-state index in [4.69, 9.17) is 0 Å². The van der Waals surface area contributed by atoms with Gasteiger partial charge < -0.3 is 5.32 Å². The zero-order chi connectivity index (χ0) is 13.5. The maximum atomic E-state index is 4.52. The van der Waals surface area contributed by atoms with Crippen LogP contribution in [0.25, 0.3) is 0 Å². The summed E-state index contributed by atoms with van der Waals surface area (Å²) >= 11 is 0. The summed E-state index contributed by atoms with van der Waals surface area (Å²) in [4.78, 5) is 7.17. The number of unbranched alkanes of at least 4 members (excludes halogenated alkanes) is 1. The van der Waals surface area contributed by atoms with Gasteiger partial charge in [-0.15, -0.1) is 0 Å². The van der Waals surface area contributed by atoms with Crippen molar-refractivity contribution >= 4 is 5.82 Å². The van der Waals surface area contributed by atoms with E-state index in [1.807, 2.05) is 0 Å². The molecule has 0 saturated carbocycles. The van der Waals surface area contributed by atoms with Crippen molar-refractivity contribution in [2.24, 2.45) is 0 Å². The molecular weight excluding hydrogens is 234 g/mol. The van der Waals surface area contributed by atoms with Gasteiger partial charge in [0.15, 0.2) is 0 Å². The molecule has 2 heterocycles. The topological polar surface area (TPSA) is 28.2 Å². The van der Waals surface area contributed by atoms with Gasteiger partial charge in [0.25, 0.3) is 0 Å². The second-order valence-corrected chi connectivity index (χ2v) is 5.41. The summed E-state index contributed by atoms with van der Waals surface area (Å²) in [6.45, 7) is 7.78. The van der Waals surface area contributed by atoms with Crippen molar-refractivity contribution in [2.45, 2.75) is 52.0 Å². The Hall–Kier alpha value is -1.09. The Bertz CT molecular complexity index is 361. The van der Waals surface area contributed by atoms with E-state index in [2.05, 4.69) is 47.4 Å². The van der Waals surface area contributed by atoms with Crippen LogP contribution in [0.4, 0.5) is 5.82 Å². The highest BCUT2D eigenvalue weighted by atomic mass is 15.2. The summed E-state index contributed by atoms with van der Waals surface area (Å²) in [5.41, 5.74) is 1.39. The van der Waals surface area contributed by atoms with Gasteiger partial charge in [-0.25, -0.2) is 4.98 Å². The molecule has 0 aliphatic carbocycles. The third kappa shape index (κ3) is 3.93. The predicted octanol–water partition coefficient (Wildman–Crippen LogP) is 3.84. The van der Waals surface area contributed by atoms with Crippen molar-refractivity contribution in [2.75, 3.05) is 25.0 Å². The third-order valence-electron chi connectivity index (χ3n) is 3.94. The number of hydrogen-bond donors (Lipinski definition) is 1. The number of rotatable bonds is 6. The van der Waals surface area contributed by atoms with Crippen molar-refractivity contribution in [3.63, 3.8) is 0 Å². The smallest absolute Gasteiger partial charge is 0.125 e. The van der Waals surface area contributed by atoms with Gasteiger partial charge in [0.05, 0.1) is 0 Å². The molecular formula is C16H27N3. The Morgan fingerprint density at radius 1 is 1.32 bits per heavy atom. The van der Waals surface area contributed by atoms with E-state index in [1.165, 1.54) is 50.8 Å². The molecule has 0 spiro atoms. The Labute approximate surface area is 117 Å². The van der Waals surface area contributed by atoms with E-state index >= 15 is 0 Å². The van der Waals surface area contributed by atoms with Crippen LogP contribution in [0.1, 0.15) is 57.6 Å². The van der Waals surface area contributed by atoms with Crippen molar-refractivity contribution < 1.29 is 0 Å². The number of nitrogens with zero attached hydrogens (tertiary/aromatic N) is 2. The van der Waals surface area contributed by atoms with Crippen LogP contribution in [0.5, 0.6) is 0 Å². The average Bonchev–Trinajstić information content (AvgIpc) is 2.47. The van der Waals surface area contributed by atoms with Crippen LogP contribution in [0.3, 0.4) is 0 Å². The molecule has 2 rings (SSSR count). The lowest BCUT2D eigenvalue weighted by molar-refractivity contribution is 0.146. The first-order valence-corrected chi connectivity index (χ1v) is 7.79. The Morgan fingerprint density at radius 2 is 2.21 bits per heavy atom. The quantitative estimate of drug-likeness (QED) is 0.843. The highest BCUT2D eigenvalue weighted by Gasteiger charge is 2.23. The lowest BCUT2D eigenvalue weighted by atomic mass is 9.96. The highest BCUT2D eigenvalue weighted by Crippen LogP contribution is 2.30. The second kappa shape index (κ2) is 7.49. The minimum atomic E-state index is 0.587. The van der Waals surface area contributed by atoms with Crippen LogP contribution < -0.4 is 5.32 Å². The molecule has 1 aromatic rings. The maximum absolute atomic E-state index is 4.52. The second-order valence-electron chi connectivity index (χ2n) is 5.41. The number of piperidine rings is 1. The third-order valence-corrected chi connectivity index (χ3v) is 3.94. The summed E-state index contributed by atoms with van der Waals surface area (Å²) in [6.07, 6.45) is 8.63. The zero-order valence-corrected chi connectivity index (χ0v) is 12.4. The number of nitrogens with one attached hydrogen (secondary N) is 1. The predicted molar refractivity (Wildman–Crippen MR) is 81.5 cm³/mol. The fourth-order valence-corrected chi connectivity index (χ4v) is 2.89. The molecule has 1 N–H and O–H groups in total. The van der Waals surface area contributed by atoms with Gasteiger partial charge in [-0.1, -0.05) is 25.8 Å². The number of hydrogen-bond acceptors (Lipinski definition) is 3. The summed E-state index contributed by atoms with van der Waals surface area (Å²) in [5, 5.41) is 3.26.